The van der Waals surface area contributed by atoms with Crippen molar-refractivity contribution >= 4 is 11.9 Å². The van der Waals surface area contributed by atoms with Gasteiger partial charge in [-0.15, -0.1) is 13.2 Å². The van der Waals surface area contributed by atoms with Gasteiger partial charge in [0.15, 0.2) is 5.78 Å². The lowest BCUT2D eigenvalue weighted by molar-refractivity contribution is -0.274. The molecule has 2 aliphatic heterocycles. The van der Waals surface area contributed by atoms with E-state index in [-0.39, 0.29) is 29.1 Å². The van der Waals surface area contributed by atoms with Crippen LogP contribution in [0.4, 0.5) is 18.0 Å². The maximum absolute atomic E-state index is 12.9. The van der Waals surface area contributed by atoms with Crippen LogP contribution in [0, 0.1) is 5.92 Å². The Morgan fingerprint density at radius 2 is 1.52 bits per heavy atom. The standard InChI is InChI=1S/C24H33F3N2O4/c1-22(2,3)33-21(31)28-15-11-23(4,12-16-28)29-13-9-18(10-14-29)20(30)17-5-7-19(8-6-17)32-24(25,26)27/h5-8,18H,9-16H2,1-4H3. The summed E-state index contributed by atoms with van der Waals surface area (Å²) in [6, 6.07) is 5.14. The number of likely N-dealkylation sites (tertiary alicyclic amines) is 2. The van der Waals surface area contributed by atoms with E-state index in [1.165, 1.54) is 24.3 Å². The molecule has 0 atom stereocenters. The summed E-state index contributed by atoms with van der Waals surface area (Å²) < 4.78 is 46.3. The summed E-state index contributed by atoms with van der Waals surface area (Å²) in [5.74, 6) is -0.529. The van der Waals surface area contributed by atoms with Gasteiger partial charge >= 0.3 is 12.5 Å². The number of halogens is 3. The average molecular weight is 471 g/mol. The van der Waals surface area contributed by atoms with E-state index in [0.29, 0.717) is 31.5 Å². The molecule has 0 saturated carbocycles. The van der Waals surface area contributed by atoms with E-state index in [9.17, 15) is 22.8 Å². The fourth-order valence-corrected chi connectivity index (χ4v) is 4.55. The van der Waals surface area contributed by atoms with Crippen molar-refractivity contribution in [2.75, 3.05) is 26.2 Å². The van der Waals surface area contributed by atoms with Crippen LogP contribution in [0.15, 0.2) is 24.3 Å². The molecule has 0 aromatic heterocycles. The maximum atomic E-state index is 12.9. The average Bonchev–Trinajstić information content (AvgIpc) is 2.72. The van der Waals surface area contributed by atoms with Gasteiger partial charge in [-0.3, -0.25) is 9.69 Å². The fourth-order valence-electron chi connectivity index (χ4n) is 4.55. The minimum Gasteiger partial charge on any atom is -0.444 e. The van der Waals surface area contributed by atoms with Crippen molar-refractivity contribution in [3.05, 3.63) is 29.8 Å². The van der Waals surface area contributed by atoms with Crippen LogP contribution in [-0.2, 0) is 4.74 Å². The highest BCUT2D eigenvalue weighted by molar-refractivity contribution is 5.98. The second-order valence-electron chi connectivity index (χ2n) is 10.2. The van der Waals surface area contributed by atoms with Crippen molar-refractivity contribution in [2.24, 2.45) is 5.92 Å². The van der Waals surface area contributed by atoms with Crippen molar-refractivity contribution in [3.8, 4) is 5.75 Å². The SMILES string of the molecule is CC(C)(C)OC(=O)N1CCC(C)(N2CCC(C(=O)c3ccc(OC(F)(F)F)cc3)CC2)CC1. The smallest absolute Gasteiger partial charge is 0.444 e. The van der Waals surface area contributed by atoms with E-state index >= 15 is 0 Å². The molecular formula is C24H33F3N2O4. The van der Waals surface area contributed by atoms with Crippen molar-refractivity contribution in [2.45, 2.75) is 70.9 Å². The number of hydrogen-bond acceptors (Lipinski definition) is 5. The molecule has 0 radical (unpaired) electrons. The fraction of sp³-hybridized carbons (Fsp3) is 0.667. The van der Waals surface area contributed by atoms with Crippen molar-refractivity contribution in [1.29, 1.82) is 0 Å². The molecule has 6 nitrogen and oxygen atoms in total. The number of alkyl halides is 3. The molecule has 2 saturated heterocycles. The summed E-state index contributed by atoms with van der Waals surface area (Å²) in [5.41, 5.74) is -0.152. The zero-order valence-electron chi connectivity index (χ0n) is 19.7. The number of amides is 1. The number of ether oxygens (including phenoxy) is 2. The number of carbonyl (C=O) groups excluding carboxylic acids is 2. The number of ketones is 1. The predicted octanol–water partition coefficient (Wildman–Crippen LogP) is 5.27. The second-order valence-corrected chi connectivity index (χ2v) is 10.2. The van der Waals surface area contributed by atoms with E-state index < -0.39 is 12.0 Å². The molecule has 0 unspecified atom stereocenters. The van der Waals surface area contributed by atoms with Crippen molar-refractivity contribution in [1.82, 2.24) is 9.80 Å². The maximum Gasteiger partial charge on any atom is 0.573 e. The minimum absolute atomic E-state index is 0.0386. The van der Waals surface area contributed by atoms with Gasteiger partial charge < -0.3 is 14.4 Å². The van der Waals surface area contributed by atoms with Gasteiger partial charge in [0.05, 0.1) is 0 Å². The lowest BCUT2D eigenvalue weighted by Gasteiger charge is -2.49. The van der Waals surface area contributed by atoms with Crippen LogP contribution in [0.1, 0.15) is 63.7 Å². The third-order valence-electron chi connectivity index (χ3n) is 6.49. The monoisotopic (exact) mass is 470 g/mol. The van der Waals surface area contributed by atoms with Gasteiger partial charge in [0.1, 0.15) is 11.4 Å². The third kappa shape index (κ3) is 6.85. The van der Waals surface area contributed by atoms with E-state index in [1.807, 2.05) is 20.8 Å². The molecule has 0 aliphatic carbocycles. The van der Waals surface area contributed by atoms with Gasteiger partial charge in [-0.25, -0.2) is 4.79 Å². The first-order valence-electron chi connectivity index (χ1n) is 11.4. The van der Waals surface area contributed by atoms with E-state index in [4.69, 9.17) is 4.74 Å². The molecule has 0 bridgehead atoms. The Kier molecular flexibility index (Phi) is 7.31. The quantitative estimate of drug-likeness (QED) is 0.561. The van der Waals surface area contributed by atoms with Crippen LogP contribution in [0.3, 0.4) is 0 Å². The summed E-state index contributed by atoms with van der Waals surface area (Å²) in [6.07, 6.45) is -1.95. The molecule has 2 heterocycles. The molecule has 1 amide bonds. The van der Waals surface area contributed by atoms with Crippen LogP contribution in [0.5, 0.6) is 5.75 Å². The van der Waals surface area contributed by atoms with Gasteiger partial charge in [0.25, 0.3) is 0 Å². The summed E-state index contributed by atoms with van der Waals surface area (Å²) in [6.45, 7) is 10.6. The second kappa shape index (κ2) is 9.52. The number of hydrogen-bond donors (Lipinski definition) is 0. The zero-order chi connectivity index (χ0) is 24.4. The molecule has 0 N–H and O–H groups in total. The summed E-state index contributed by atoms with van der Waals surface area (Å²) in [5, 5.41) is 0. The Hall–Kier alpha value is -2.29. The topological polar surface area (TPSA) is 59.1 Å². The van der Waals surface area contributed by atoms with Crippen molar-refractivity contribution < 1.29 is 32.2 Å². The highest BCUT2D eigenvalue weighted by atomic mass is 19.4. The van der Waals surface area contributed by atoms with E-state index in [1.54, 1.807) is 4.90 Å². The highest BCUT2D eigenvalue weighted by Gasteiger charge is 2.40. The van der Waals surface area contributed by atoms with Crippen LogP contribution in [-0.4, -0.2) is 65.4 Å². The highest BCUT2D eigenvalue weighted by Crippen LogP contribution is 2.34. The number of benzene rings is 1. The first-order valence-corrected chi connectivity index (χ1v) is 11.4. The number of nitrogens with zero attached hydrogens (tertiary/aromatic N) is 2. The van der Waals surface area contributed by atoms with Gasteiger partial charge in [0, 0.05) is 30.1 Å². The van der Waals surface area contributed by atoms with Crippen LogP contribution < -0.4 is 4.74 Å². The molecule has 0 spiro atoms. The first-order chi connectivity index (χ1) is 15.3. The Bertz CT molecular complexity index is 833. The molecular weight excluding hydrogens is 437 g/mol. The summed E-state index contributed by atoms with van der Waals surface area (Å²) in [7, 11) is 0. The lowest BCUT2D eigenvalue weighted by atomic mass is 9.82. The zero-order valence-corrected chi connectivity index (χ0v) is 19.7. The molecule has 184 valence electrons. The van der Waals surface area contributed by atoms with Crippen LogP contribution in [0.25, 0.3) is 0 Å². The van der Waals surface area contributed by atoms with Gasteiger partial charge in [-0.1, -0.05) is 0 Å². The Morgan fingerprint density at radius 3 is 2.00 bits per heavy atom. The Morgan fingerprint density at radius 1 is 0.970 bits per heavy atom. The number of rotatable bonds is 4. The van der Waals surface area contributed by atoms with Crippen LogP contribution >= 0.6 is 0 Å². The van der Waals surface area contributed by atoms with Crippen molar-refractivity contribution in [3.63, 3.8) is 0 Å². The summed E-state index contributed by atoms with van der Waals surface area (Å²) in [4.78, 5) is 29.3. The lowest BCUT2D eigenvalue weighted by Crippen LogP contribution is -2.57. The predicted molar refractivity (Wildman–Crippen MR) is 117 cm³/mol. The summed E-state index contributed by atoms with van der Waals surface area (Å²) >= 11 is 0. The normalized spacial score (nSPS) is 20.4. The largest absolute Gasteiger partial charge is 0.573 e. The molecule has 2 aliphatic rings. The molecule has 9 heteroatoms. The number of carbonyl (C=O) groups is 2. The Balaban J connectivity index is 1.50. The third-order valence-corrected chi connectivity index (χ3v) is 6.49. The van der Waals surface area contributed by atoms with E-state index in [0.717, 1.165) is 25.9 Å². The first kappa shape index (κ1) is 25.3. The molecule has 2 fully saturated rings. The molecule has 1 aromatic carbocycles. The minimum atomic E-state index is -4.75. The molecule has 3 rings (SSSR count). The Labute approximate surface area is 193 Å². The molecule has 1 aromatic rings. The van der Waals surface area contributed by atoms with Gasteiger partial charge in [-0.05, 0) is 90.7 Å². The van der Waals surface area contributed by atoms with Gasteiger partial charge in [0.2, 0.25) is 0 Å². The number of piperidine rings is 2. The van der Waals surface area contributed by atoms with Gasteiger partial charge in [-0.2, -0.15) is 0 Å². The number of Topliss-reactive ketones (excluding diaryl/α,β-unsaturated/α-hetero) is 1. The van der Waals surface area contributed by atoms with Crippen LogP contribution in [0.2, 0.25) is 0 Å². The molecule has 33 heavy (non-hydrogen) atoms. The van der Waals surface area contributed by atoms with E-state index in [2.05, 4.69) is 16.6 Å².